The number of carbonyl (C=O) groups is 1. The van der Waals surface area contributed by atoms with Gasteiger partial charge in [-0.1, -0.05) is 12.2 Å². The van der Waals surface area contributed by atoms with E-state index in [9.17, 15) is 13.6 Å². The predicted molar refractivity (Wildman–Crippen MR) is 71.3 cm³/mol. The lowest BCUT2D eigenvalue weighted by Gasteiger charge is -2.13. The third-order valence-corrected chi connectivity index (χ3v) is 3.08. The Kier molecular flexibility index (Phi) is 5.21. The highest BCUT2D eigenvalue weighted by molar-refractivity contribution is 5.94. The maximum Gasteiger partial charge on any atom is 0.272 e. The molecule has 2 atom stereocenters. The number of carbonyl (C=O) groups excluding carboxylic acids is 1. The summed E-state index contributed by atoms with van der Waals surface area (Å²) in [6.07, 6.45) is 3.06. The lowest BCUT2D eigenvalue weighted by Crippen LogP contribution is -2.32. The SMILES string of the molecule is O=C(N[C@@H]1C=C[C@H](CO)C1)c1ccnc(OCC(F)F)c1. The molecule has 1 heterocycles. The fraction of sp³-hybridized carbons (Fsp3) is 0.429. The molecule has 0 radical (unpaired) electrons. The van der Waals surface area contributed by atoms with Crippen LogP contribution in [0.5, 0.6) is 5.88 Å². The zero-order valence-corrected chi connectivity index (χ0v) is 11.2. The van der Waals surface area contributed by atoms with Crippen LogP contribution < -0.4 is 10.1 Å². The van der Waals surface area contributed by atoms with Crippen molar-refractivity contribution in [1.82, 2.24) is 10.3 Å². The fourth-order valence-corrected chi connectivity index (χ4v) is 2.05. The molecule has 1 aromatic rings. The van der Waals surface area contributed by atoms with Gasteiger partial charge in [0.05, 0.1) is 0 Å². The van der Waals surface area contributed by atoms with E-state index >= 15 is 0 Å². The highest BCUT2D eigenvalue weighted by Gasteiger charge is 2.20. The molecule has 0 saturated carbocycles. The highest BCUT2D eigenvalue weighted by atomic mass is 19.3. The van der Waals surface area contributed by atoms with Crippen LogP contribution in [0.1, 0.15) is 16.8 Å². The van der Waals surface area contributed by atoms with Gasteiger partial charge in [-0.25, -0.2) is 13.8 Å². The summed E-state index contributed by atoms with van der Waals surface area (Å²) in [7, 11) is 0. The summed E-state index contributed by atoms with van der Waals surface area (Å²) in [5.74, 6) is -0.302. The Hall–Kier alpha value is -2.02. The average molecular weight is 298 g/mol. The normalized spacial score (nSPS) is 20.8. The van der Waals surface area contributed by atoms with Crippen molar-refractivity contribution in [3.8, 4) is 5.88 Å². The molecule has 0 fully saturated rings. The van der Waals surface area contributed by atoms with E-state index in [1.54, 1.807) is 0 Å². The molecule has 0 spiro atoms. The van der Waals surface area contributed by atoms with Crippen LogP contribution >= 0.6 is 0 Å². The standard InChI is InChI=1S/C14H16F2N2O3/c15-12(16)8-21-13-6-10(3-4-17-13)14(20)18-11-2-1-9(5-11)7-19/h1-4,6,9,11-12,19H,5,7-8H2,(H,18,20)/t9-,11+/m0/s1. The smallest absolute Gasteiger partial charge is 0.272 e. The van der Waals surface area contributed by atoms with Crippen LogP contribution in [-0.4, -0.2) is 41.7 Å². The minimum atomic E-state index is -2.59. The molecule has 7 heteroatoms. The topological polar surface area (TPSA) is 71.5 Å². The molecule has 2 rings (SSSR count). The van der Waals surface area contributed by atoms with Crippen molar-refractivity contribution in [3.05, 3.63) is 36.0 Å². The second-order valence-electron chi connectivity index (χ2n) is 4.73. The molecule has 0 aliphatic heterocycles. The number of halogens is 2. The Bertz CT molecular complexity index is 523. The number of alkyl halides is 2. The van der Waals surface area contributed by atoms with Gasteiger partial charge in [-0.2, -0.15) is 0 Å². The summed E-state index contributed by atoms with van der Waals surface area (Å²) >= 11 is 0. The first-order valence-corrected chi connectivity index (χ1v) is 6.55. The van der Waals surface area contributed by atoms with E-state index in [1.807, 2.05) is 12.2 Å². The van der Waals surface area contributed by atoms with Gasteiger partial charge in [-0.15, -0.1) is 0 Å². The van der Waals surface area contributed by atoms with Crippen LogP contribution in [0.15, 0.2) is 30.5 Å². The summed E-state index contributed by atoms with van der Waals surface area (Å²) in [4.78, 5) is 15.8. The van der Waals surface area contributed by atoms with E-state index in [1.165, 1.54) is 18.3 Å². The number of nitrogens with one attached hydrogen (secondary N) is 1. The molecule has 1 aliphatic rings. The number of amides is 1. The lowest BCUT2D eigenvalue weighted by atomic mass is 10.1. The molecular formula is C14H16F2N2O3. The first-order chi connectivity index (χ1) is 10.1. The molecule has 1 aliphatic carbocycles. The number of hydrogen-bond acceptors (Lipinski definition) is 4. The molecule has 0 unspecified atom stereocenters. The van der Waals surface area contributed by atoms with Gasteiger partial charge in [0.25, 0.3) is 12.3 Å². The molecule has 0 bridgehead atoms. The Balaban J connectivity index is 1.93. The van der Waals surface area contributed by atoms with Gasteiger partial charge < -0.3 is 15.2 Å². The third-order valence-electron chi connectivity index (χ3n) is 3.08. The van der Waals surface area contributed by atoms with E-state index in [0.717, 1.165) is 0 Å². The van der Waals surface area contributed by atoms with E-state index in [4.69, 9.17) is 9.84 Å². The van der Waals surface area contributed by atoms with Crippen LogP contribution in [0.2, 0.25) is 0 Å². The number of ether oxygens (including phenoxy) is 1. The molecule has 114 valence electrons. The number of aliphatic hydroxyl groups excluding tert-OH is 1. The monoisotopic (exact) mass is 298 g/mol. The van der Waals surface area contributed by atoms with Crippen molar-refractivity contribution in [2.24, 2.45) is 5.92 Å². The van der Waals surface area contributed by atoms with Crippen LogP contribution in [0.4, 0.5) is 8.78 Å². The van der Waals surface area contributed by atoms with Crippen LogP contribution in [-0.2, 0) is 0 Å². The van der Waals surface area contributed by atoms with Crippen molar-refractivity contribution < 1.29 is 23.4 Å². The quantitative estimate of drug-likeness (QED) is 0.779. The van der Waals surface area contributed by atoms with E-state index < -0.39 is 13.0 Å². The van der Waals surface area contributed by atoms with Crippen molar-refractivity contribution in [2.45, 2.75) is 18.9 Å². The molecule has 1 aromatic heterocycles. The zero-order chi connectivity index (χ0) is 15.2. The fourth-order valence-electron chi connectivity index (χ4n) is 2.05. The van der Waals surface area contributed by atoms with Crippen molar-refractivity contribution in [3.63, 3.8) is 0 Å². The number of nitrogens with zero attached hydrogens (tertiary/aromatic N) is 1. The molecular weight excluding hydrogens is 282 g/mol. The third kappa shape index (κ3) is 4.49. The van der Waals surface area contributed by atoms with E-state index in [-0.39, 0.29) is 35.9 Å². The second kappa shape index (κ2) is 7.12. The van der Waals surface area contributed by atoms with Crippen molar-refractivity contribution in [2.75, 3.05) is 13.2 Å². The van der Waals surface area contributed by atoms with E-state index in [2.05, 4.69) is 10.3 Å². The molecule has 1 amide bonds. The molecule has 2 N–H and O–H groups in total. The zero-order valence-electron chi connectivity index (χ0n) is 11.2. The summed E-state index contributed by atoms with van der Waals surface area (Å²) in [5, 5.41) is 11.8. The van der Waals surface area contributed by atoms with Crippen LogP contribution in [0, 0.1) is 5.92 Å². The Labute approximate surface area is 120 Å². The number of pyridine rings is 1. The van der Waals surface area contributed by atoms with Gasteiger partial charge in [0, 0.05) is 36.4 Å². The van der Waals surface area contributed by atoms with Gasteiger partial charge in [0.15, 0.2) is 6.61 Å². The number of rotatable bonds is 6. The molecule has 5 nitrogen and oxygen atoms in total. The summed E-state index contributed by atoms with van der Waals surface area (Å²) in [5.41, 5.74) is 0.287. The maximum absolute atomic E-state index is 12.1. The predicted octanol–water partition coefficient (Wildman–Crippen LogP) is 1.39. The average Bonchev–Trinajstić information content (AvgIpc) is 2.93. The van der Waals surface area contributed by atoms with Gasteiger partial charge in [0.1, 0.15) is 0 Å². The minimum absolute atomic E-state index is 0.0156. The summed E-state index contributed by atoms with van der Waals surface area (Å²) < 4.78 is 28.9. The first kappa shape index (κ1) is 15.4. The summed E-state index contributed by atoms with van der Waals surface area (Å²) in [6, 6.07) is 2.65. The van der Waals surface area contributed by atoms with Crippen LogP contribution in [0.25, 0.3) is 0 Å². The Morgan fingerprint density at radius 1 is 1.52 bits per heavy atom. The van der Waals surface area contributed by atoms with Crippen molar-refractivity contribution in [1.29, 1.82) is 0 Å². The summed E-state index contributed by atoms with van der Waals surface area (Å²) in [6.45, 7) is -0.717. The number of aromatic nitrogens is 1. The molecule has 21 heavy (non-hydrogen) atoms. The number of hydrogen-bond donors (Lipinski definition) is 2. The second-order valence-corrected chi connectivity index (χ2v) is 4.73. The van der Waals surface area contributed by atoms with Gasteiger partial charge in [0.2, 0.25) is 5.88 Å². The largest absolute Gasteiger partial charge is 0.472 e. The highest BCUT2D eigenvalue weighted by Crippen LogP contribution is 2.18. The van der Waals surface area contributed by atoms with Crippen molar-refractivity contribution >= 4 is 5.91 Å². The minimum Gasteiger partial charge on any atom is -0.472 e. The number of aliphatic hydroxyl groups is 1. The Morgan fingerprint density at radius 3 is 3.00 bits per heavy atom. The van der Waals surface area contributed by atoms with Gasteiger partial charge in [-0.05, 0) is 12.5 Å². The van der Waals surface area contributed by atoms with Gasteiger partial charge >= 0.3 is 0 Å². The van der Waals surface area contributed by atoms with E-state index in [0.29, 0.717) is 6.42 Å². The first-order valence-electron chi connectivity index (χ1n) is 6.55. The molecule has 0 saturated heterocycles. The van der Waals surface area contributed by atoms with Crippen LogP contribution in [0.3, 0.4) is 0 Å². The Morgan fingerprint density at radius 2 is 2.33 bits per heavy atom. The lowest BCUT2D eigenvalue weighted by molar-refractivity contribution is 0.0794. The maximum atomic E-state index is 12.1. The van der Waals surface area contributed by atoms with Gasteiger partial charge in [-0.3, -0.25) is 4.79 Å². The molecule has 0 aromatic carbocycles.